The van der Waals surface area contributed by atoms with Gasteiger partial charge >= 0.3 is 6.03 Å². The van der Waals surface area contributed by atoms with Crippen molar-refractivity contribution in [3.05, 3.63) is 24.3 Å². The highest BCUT2D eigenvalue weighted by Crippen LogP contribution is 2.22. The van der Waals surface area contributed by atoms with Crippen LogP contribution in [0.25, 0.3) is 0 Å². The molecule has 0 saturated heterocycles. The quantitative estimate of drug-likeness (QED) is 0.684. The number of aliphatic hydroxyl groups is 1. The van der Waals surface area contributed by atoms with Crippen LogP contribution >= 0.6 is 0 Å². The predicted molar refractivity (Wildman–Crippen MR) is 81.7 cm³/mol. The lowest BCUT2D eigenvalue weighted by Gasteiger charge is -2.14. The minimum atomic E-state index is -0.729. The smallest absolute Gasteiger partial charge is 0.319 e. The van der Waals surface area contributed by atoms with Crippen molar-refractivity contribution >= 4 is 11.7 Å². The molecule has 1 rings (SSSR count). The number of hydrogen-bond donors (Lipinski definition) is 3. The summed E-state index contributed by atoms with van der Waals surface area (Å²) in [5.74, 6) is 0.993. The summed E-state index contributed by atoms with van der Waals surface area (Å²) in [6, 6.07) is 6.71. The Kier molecular flexibility index (Phi) is 7.56. The number of ether oxygens (including phenoxy) is 2. The highest BCUT2D eigenvalue weighted by Gasteiger charge is 2.09. The van der Waals surface area contributed by atoms with E-state index in [2.05, 4.69) is 10.6 Å². The molecular weight excluding hydrogens is 272 g/mol. The van der Waals surface area contributed by atoms with E-state index >= 15 is 0 Å². The van der Waals surface area contributed by atoms with Crippen molar-refractivity contribution in [2.75, 3.05) is 32.2 Å². The molecule has 6 nitrogen and oxygen atoms in total. The van der Waals surface area contributed by atoms with Crippen LogP contribution in [0, 0.1) is 5.92 Å². The predicted octanol–water partition coefficient (Wildman–Crippen LogP) is 1.85. The van der Waals surface area contributed by atoms with Gasteiger partial charge in [0.05, 0.1) is 25.5 Å². The molecule has 21 heavy (non-hydrogen) atoms. The Morgan fingerprint density at radius 1 is 1.29 bits per heavy atom. The molecule has 1 aromatic carbocycles. The van der Waals surface area contributed by atoms with Crippen LogP contribution in [-0.2, 0) is 4.74 Å². The Balaban J connectivity index is 2.30. The number of anilines is 1. The second kappa shape index (κ2) is 9.20. The normalized spacial score (nSPS) is 12.0. The first-order valence-electron chi connectivity index (χ1n) is 6.96. The van der Waals surface area contributed by atoms with Gasteiger partial charge in [-0.1, -0.05) is 26.0 Å². The zero-order chi connectivity index (χ0) is 15.7. The van der Waals surface area contributed by atoms with E-state index in [1.54, 1.807) is 18.2 Å². The van der Waals surface area contributed by atoms with E-state index < -0.39 is 12.1 Å². The molecule has 0 heterocycles. The van der Waals surface area contributed by atoms with Crippen molar-refractivity contribution in [3.8, 4) is 5.75 Å². The average molecular weight is 296 g/mol. The molecule has 0 radical (unpaired) electrons. The van der Waals surface area contributed by atoms with E-state index in [9.17, 15) is 9.90 Å². The molecule has 0 aliphatic rings. The maximum absolute atomic E-state index is 11.7. The molecule has 1 atom stereocenters. The van der Waals surface area contributed by atoms with Gasteiger partial charge in [0.25, 0.3) is 0 Å². The molecule has 0 aromatic heterocycles. The molecule has 0 unspecified atom stereocenters. The molecule has 6 heteroatoms. The standard InChI is InChI=1S/C15H24N2O4/c1-11(2)9-21-10-12(18)8-16-15(19)17-13-6-4-5-7-14(13)20-3/h4-7,11-12,18H,8-10H2,1-3H3,(H2,16,17,19)/t12-/m0/s1. The maximum Gasteiger partial charge on any atom is 0.319 e. The highest BCUT2D eigenvalue weighted by molar-refractivity contribution is 5.90. The lowest BCUT2D eigenvalue weighted by molar-refractivity contribution is 0.0274. The minimum Gasteiger partial charge on any atom is -0.495 e. The second-order valence-electron chi connectivity index (χ2n) is 5.12. The number of urea groups is 1. The molecule has 0 bridgehead atoms. The average Bonchev–Trinajstić information content (AvgIpc) is 2.45. The summed E-state index contributed by atoms with van der Waals surface area (Å²) in [4.78, 5) is 11.7. The largest absolute Gasteiger partial charge is 0.495 e. The number of benzene rings is 1. The first-order valence-corrected chi connectivity index (χ1v) is 6.96. The Hall–Kier alpha value is -1.79. The zero-order valence-corrected chi connectivity index (χ0v) is 12.8. The zero-order valence-electron chi connectivity index (χ0n) is 12.8. The van der Waals surface area contributed by atoms with E-state index in [0.717, 1.165) is 0 Å². The monoisotopic (exact) mass is 296 g/mol. The fourth-order valence-electron chi connectivity index (χ4n) is 1.62. The van der Waals surface area contributed by atoms with Gasteiger partial charge in [0.15, 0.2) is 0 Å². The third-order valence-corrected chi connectivity index (χ3v) is 2.61. The van der Waals surface area contributed by atoms with Gasteiger partial charge in [-0.15, -0.1) is 0 Å². The Morgan fingerprint density at radius 2 is 2.00 bits per heavy atom. The van der Waals surface area contributed by atoms with Crippen molar-refractivity contribution in [1.29, 1.82) is 0 Å². The van der Waals surface area contributed by atoms with Crippen LogP contribution in [0.3, 0.4) is 0 Å². The molecule has 0 saturated carbocycles. The summed E-state index contributed by atoms with van der Waals surface area (Å²) in [7, 11) is 1.54. The van der Waals surface area contributed by atoms with E-state index in [0.29, 0.717) is 24.0 Å². The topological polar surface area (TPSA) is 79.8 Å². The number of amides is 2. The molecule has 0 aliphatic carbocycles. The number of carbonyl (C=O) groups is 1. The number of hydrogen-bond acceptors (Lipinski definition) is 4. The van der Waals surface area contributed by atoms with Gasteiger partial charge in [-0.2, -0.15) is 0 Å². The van der Waals surface area contributed by atoms with Gasteiger partial charge in [-0.3, -0.25) is 0 Å². The lowest BCUT2D eigenvalue weighted by Crippen LogP contribution is -2.37. The van der Waals surface area contributed by atoms with Gasteiger partial charge < -0.3 is 25.2 Å². The van der Waals surface area contributed by atoms with Crippen molar-refractivity contribution in [3.63, 3.8) is 0 Å². The molecule has 118 valence electrons. The van der Waals surface area contributed by atoms with E-state index in [4.69, 9.17) is 9.47 Å². The van der Waals surface area contributed by atoms with Gasteiger partial charge in [0.2, 0.25) is 0 Å². The Morgan fingerprint density at radius 3 is 2.67 bits per heavy atom. The van der Waals surface area contributed by atoms with Gasteiger partial charge in [0, 0.05) is 13.2 Å². The Bertz CT molecular complexity index is 437. The van der Waals surface area contributed by atoms with Crippen LogP contribution in [0.2, 0.25) is 0 Å². The summed E-state index contributed by atoms with van der Waals surface area (Å²) in [5.41, 5.74) is 0.572. The van der Waals surface area contributed by atoms with Gasteiger partial charge in [-0.05, 0) is 18.1 Å². The summed E-state index contributed by atoms with van der Waals surface area (Å²) >= 11 is 0. The number of aliphatic hydroxyl groups excluding tert-OH is 1. The fourth-order valence-corrected chi connectivity index (χ4v) is 1.62. The van der Waals surface area contributed by atoms with Crippen LogP contribution in [0.1, 0.15) is 13.8 Å². The molecule has 2 amide bonds. The fraction of sp³-hybridized carbons (Fsp3) is 0.533. The van der Waals surface area contributed by atoms with Crippen LogP contribution in [-0.4, -0.2) is 44.1 Å². The van der Waals surface area contributed by atoms with E-state index in [1.807, 2.05) is 19.9 Å². The first-order chi connectivity index (χ1) is 10.0. The second-order valence-corrected chi connectivity index (χ2v) is 5.12. The van der Waals surface area contributed by atoms with E-state index in [-0.39, 0.29) is 13.2 Å². The SMILES string of the molecule is COc1ccccc1NC(=O)NC[C@H](O)COCC(C)C. The first kappa shape index (κ1) is 17.3. The molecular formula is C15H24N2O4. The summed E-state index contributed by atoms with van der Waals surface area (Å²) in [6.45, 7) is 4.98. The summed E-state index contributed by atoms with van der Waals surface area (Å²) < 4.78 is 10.4. The number of nitrogens with one attached hydrogen (secondary N) is 2. The Labute approximate surface area is 125 Å². The molecule has 3 N–H and O–H groups in total. The third kappa shape index (κ3) is 6.97. The maximum atomic E-state index is 11.7. The lowest BCUT2D eigenvalue weighted by atomic mass is 10.2. The number of para-hydroxylation sites is 2. The van der Waals surface area contributed by atoms with Gasteiger partial charge in [-0.25, -0.2) is 4.79 Å². The van der Waals surface area contributed by atoms with Crippen molar-refractivity contribution in [1.82, 2.24) is 5.32 Å². The van der Waals surface area contributed by atoms with Crippen LogP contribution in [0.5, 0.6) is 5.75 Å². The molecule has 0 fully saturated rings. The minimum absolute atomic E-state index is 0.124. The summed E-state index contributed by atoms with van der Waals surface area (Å²) in [5, 5.41) is 14.9. The summed E-state index contributed by atoms with van der Waals surface area (Å²) in [6.07, 6.45) is -0.729. The number of rotatable bonds is 8. The van der Waals surface area contributed by atoms with Crippen LogP contribution in [0.15, 0.2) is 24.3 Å². The van der Waals surface area contributed by atoms with Crippen molar-refractivity contribution in [2.45, 2.75) is 20.0 Å². The third-order valence-electron chi connectivity index (χ3n) is 2.61. The van der Waals surface area contributed by atoms with Crippen molar-refractivity contribution in [2.24, 2.45) is 5.92 Å². The number of methoxy groups -OCH3 is 1. The van der Waals surface area contributed by atoms with Crippen LogP contribution in [0.4, 0.5) is 10.5 Å². The van der Waals surface area contributed by atoms with E-state index in [1.165, 1.54) is 7.11 Å². The highest BCUT2D eigenvalue weighted by atomic mass is 16.5. The molecule has 1 aromatic rings. The van der Waals surface area contributed by atoms with Crippen LogP contribution < -0.4 is 15.4 Å². The van der Waals surface area contributed by atoms with Crippen molar-refractivity contribution < 1.29 is 19.4 Å². The van der Waals surface area contributed by atoms with Gasteiger partial charge in [0.1, 0.15) is 5.75 Å². The number of carbonyl (C=O) groups excluding carboxylic acids is 1. The molecule has 0 spiro atoms. The molecule has 0 aliphatic heterocycles.